The van der Waals surface area contributed by atoms with Crippen LogP contribution in [-0.2, 0) is 0 Å². The van der Waals surface area contributed by atoms with Crippen molar-refractivity contribution in [2.24, 2.45) is 5.92 Å². The molecule has 0 saturated heterocycles. The normalized spacial score (nSPS) is 13.6. The molecule has 4 aromatic rings. The molecule has 1 fully saturated rings. The smallest absolute Gasteiger partial charge is 0.227 e. The van der Waals surface area contributed by atoms with Crippen molar-refractivity contribution in [3.05, 3.63) is 70.7 Å². The number of hydrogen-bond acceptors (Lipinski definition) is 4. The number of benzene rings is 3. The Morgan fingerprint density at radius 1 is 1.00 bits per heavy atom. The lowest BCUT2D eigenvalue weighted by Crippen LogP contribution is -1.98. The average Bonchev–Trinajstić information content (AvgIpc) is 3.47. The van der Waals surface area contributed by atoms with E-state index in [9.17, 15) is 0 Å². The molecule has 0 amide bonds. The number of hydrogen-bond donors (Lipinski definition) is 0. The van der Waals surface area contributed by atoms with Gasteiger partial charge in [-0.25, -0.2) is 4.98 Å². The van der Waals surface area contributed by atoms with Crippen molar-refractivity contribution < 1.29 is 13.9 Å². The molecule has 1 aliphatic carbocycles. The lowest BCUT2D eigenvalue weighted by atomic mass is 10.2. The van der Waals surface area contributed by atoms with Gasteiger partial charge in [0.15, 0.2) is 5.58 Å². The number of halogens is 1. The first-order chi connectivity index (χ1) is 14.2. The fourth-order valence-corrected chi connectivity index (χ4v) is 3.46. The number of ether oxygens (including phenoxy) is 2. The van der Waals surface area contributed by atoms with E-state index in [1.807, 2.05) is 67.6 Å². The molecule has 4 nitrogen and oxygen atoms in total. The molecule has 5 rings (SSSR count). The molecule has 0 aliphatic heterocycles. The fraction of sp³-hybridized carbons (Fsp3) is 0.208. The molecule has 0 unspecified atom stereocenters. The molecular weight excluding hydrogens is 430 g/mol. The van der Waals surface area contributed by atoms with Gasteiger partial charge in [0.2, 0.25) is 5.89 Å². The highest BCUT2D eigenvalue weighted by molar-refractivity contribution is 9.10. The second kappa shape index (κ2) is 7.56. The maximum absolute atomic E-state index is 5.99. The van der Waals surface area contributed by atoms with Gasteiger partial charge in [-0.05, 0) is 74.2 Å². The molecular formula is C24H20BrNO3. The van der Waals surface area contributed by atoms with E-state index in [4.69, 9.17) is 13.9 Å². The Morgan fingerprint density at radius 3 is 2.59 bits per heavy atom. The van der Waals surface area contributed by atoms with E-state index in [0.29, 0.717) is 5.89 Å². The Bertz CT molecular complexity index is 1160. The van der Waals surface area contributed by atoms with Crippen LogP contribution in [0.1, 0.15) is 18.4 Å². The summed E-state index contributed by atoms with van der Waals surface area (Å²) in [5.41, 5.74) is 3.61. The van der Waals surface area contributed by atoms with Crippen LogP contribution in [0.3, 0.4) is 0 Å². The molecule has 0 N–H and O–H groups in total. The van der Waals surface area contributed by atoms with Crippen LogP contribution in [0.4, 0.5) is 0 Å². The van der Waals surface area contributed by atoms with E-state index >= 15 is 0 Å². The molecule has 29 heavy (non-hydrogen) atoms. The van der Waals surface area contributed by atoms with Crippen molar-refractivity contribution in [2.45, 2.75) is 19.8 Å². The van der Waals surface area contributed by atoms with Gasteiger partial charge in [0.25, 0.3) is 0 Å². The molecule has 1 heterocycles. The monoisotopic (exact) mass is 449 g/mol. The summed E-state index contributed by atoms with van der Waals surface area (Å²) in [5.74, 6) is 3.68. The van der Waals surface area contributed by atoms with Crippen LogP contribution >= 0.6 is 15.9 Å². The van der Waals surface area contributed by atoms with Gasteiger partial charge < -0.3 is 13.9 Å². The number of aromatic nitrogens is 1. The second-order valence-electron chi connectivity index (χ2n) is 7.40. The summed E-state index contributed by atoms with van der Waals surface area (Å²) in [6.07, 6.45) is 2.55. The first-order valence-electron chi connectivity index (χ1n) is 9.72. The third kappa shape index (κ3) is 4.01. The summed E-state index contributed by atoms with van der Waals surface area (Å²) in [4.78, 5) is 4.61. The van der Waals surface area contributed by atoms with Crippen molar-refractivity contribution in [3.63, 3.8) is 0 Å². The Morgan fingerprint density at radius 2 is 1.79 bits per heavy atom. The zero-order valence-corrected chi connectivity index (χ0v) is 17.6. The standard InChI is InChI=1S/C24H20BrNO3/c1-15-21(25)11-12-22-23(15)29-24(26-22)17-7-9-18(10-8-17)28-20-4-2-3-19(13-20)27-14-16-5-6-16/h2-4,7-13,16H,5-6,14H2,1H3. The van der Waals surface area contributed by atoms with Crippen molar-refractivity contribution in [1.82, 2.24) is 4.98 Å². The Balaban J connectivity index is 1.32. The van der Waals surface area contributed by atoms with Crippen LogP contribution < -0.4 is 9.47 Å². The molecule has 0 bridgehead atoms. The number of rotatable bonds is 6. The van der Waals surface area contributed by atoms with E-state index in [-0.39, 0.29) is 0 Å². The van der Waals surface area contributed by atoms with Crippen LogP contribution in [0.25, 0.3) is 22.6 Å². The van der Waals surface area contributed by atoms with Crippen molar-refractivity contribution >= 4 is 27.0 Å². The molecule has 0 atom stereocenters. The molecule has 1 aliphatic rings. The molecule has 1 aromatic heterocycles. The summed E-state index contributed by atoms with van der Waals surface area (Å²) in [6, 6.07) is 19.5. The van der Waals surface area contributed by atoms with Gasteiger partial charge >= 0.3 is 0 Å². The van der Waals surface area contributed by atoms with Crippen LogP contribution in [0.15, 0.2) is 69.6 Å². The number of nitrogens with zero attached hydrogens (tertiary/aromatic N) is 1. The number of aryl methyl sites for hydroxylation is 1. The predicted octanol–water partition coefficient (Wildman–Crippen LogP) is 7.15. The van der Waals surface area contributed by atoms with Crippen molar-refractivity contribution in [1.29, 1.82) is 0 Å². The zero-order valence-electron chi connectivity index (χ0n) is 16.0. The maximum Gasteiger partial charge on any atom is 0.227 e. The van der Waals surface area contributed by atoms with E-state index in [1.54, 1.807) is 0 Å². The summed E-state index contributed by atoms with van der Waals surface area (Å²) >= 11 is 3.53. The third-order valence-corrected chi connectivity index (χ3v) is 5.92. The lowest BCUT2D eigenvalue weighted by molar-refractivity contribution is 0.298. The van der Waals surface area contributed by atoms with Crippen LogP contribution in [0, 0.1) is 12.8 Å². The van der Waals surface area contributed by atoms with Crippen molar-refractivity contribution in [3.8, 4) is 28.7 Å². The second-order valence-corrected chi connectivity index (χ2v) is 8.25. The van der Waals surface area contributed by atoms with E-state index in [1.165, 1.54) is 12.8 Å². The summed E-state index contributed by atoms with van der Waals surface area (Å²) in [6.45, 7) is 2.81. The van der Waals surface area contributed by atoms with Crippen LogP contribution in [0.5, 0.6) is 17.2 Å². The topological polar surface area (TPSA) is 44.5 Å². The Labute approximate surface area is 177 Å². The Hall–Kier alpha value is -2.79. The van der Waals surface area contributed by atoms with Gasteiger partial charge in [0.05, 0.1) is 6.61 Å². The predicted molar refractivity (Wildman–Crippen MR) is 117 cm³/mol. The quantitative estimate of drug-likeness (QED) is 0.313. The SMILES string of the molecule is Cc1c(Br)ccc2nc(-c3ccc(Oc4cccc(OCC5CC5)c4)cc3)oc12. The summed E-state index contributed by atoms with van der Waals surface area (Å²) in [7, 11) is 0. The van der Waals surface area contributed by atoms with Crippen LogP contribution in [0.2, 0.25) is 0 Å². The van der Waals surface area contributed by atoms with E-state index in [2.05, 4.69) is 20.9 Å². The summed E-state index contributed by atoms with van der Waals surface area (Å²) < 4.78 is 18.8. The minimum absolute atomic E-state index is 0.600. The minimum atomic E-state index is 0.600. The van der Waals surface area contributed by atoms with Gasteiger partial charge in [-0.3, -0.25) is 0 Å². The minimum Gasteiger partial charge on any atom is -0.493 e. The number of oxazole rings is 1. The van der Waals surface area contributed by atoms with Gasteiger partial charge in [0.1, 0.15) is 22.8 Å². The van der Waals surface area contributed by atoms with E-state index < -0.39 is 0 Å². The molecule has 1 saturated carbocycles. The van der Waals surface area contributed by atoms with Gasteiger partial charge in [-0.2, -0.15) is 0 Å². The molecule has 0 spiro atoms. The zero-order chi connectivity index (χ0) is 19.8. The molecule has 0 radical (unpaired) electrons. The fourth-order valence-electron chi connectivity index (χ4n) is 3.15. The first kappa shape index (κ1) is 18.3. The highest BCUT2D eigenvalue weighted by Crippen LogP contribution is 2.33. The maximum atomic E-state index is 5.99. The molecule has 146 valence electrons. The largest absolute Gasteiger partial charge is 0.493 e. The highest BCUT2D eigenvalue weighted by atomic mass is 79.9. The molecule has 3 aromatic carbocycles. The van der Waals surface area contributed by atoms with E-state index in [0.717, 1.165) is 56.5 Å². The van der Waals surface area contributed by atoms with Gasteiger partial charge in [-0.1, -0.05) is 22.0 Å². The Kier molecular flexibility index (Phi) is 4.76. The molecule has 5 heteroatoms. The third-order valence-electron chi connectivity index (χ3n) is 5.06. The lowest BCUT2D eigenvalue weighted by Gasteiger charge is -2.09. The first-order valence-corrected chi connectivity index (χ1v) is 10.5. The van der Waals surface area contributed by atoms with Gasteiger partial charge in [-0.15, -0.1) is 0 Å². The highest BCUT2D eigenvalue weighted by Gasteiger charge is 2.21. The van der Waals surface area contributed by atoms with Gasteiger partial charge in [0, 0.05) is 21.7 Å². The van der Waals surface area contributed by atoms with Crippen LogP contribution in [-0.4, -0.2) is 11.6 Å². The number of fused-ring (bicyclic) bond motifs is 1. The summed E-state index contributed by atoms with van der Waals surface area (Å²) in [5, 5.41) is 0. The van der Waals surface area contributed by atoms with Crippen molar-refractivity contribution in [2.75, 3.05) is 6.61 Å². The average molecular weight is 450 g/mol.